The van der Waals surface area contributed by atoms with Crippen LogP contribution in [0.3, 0.4) is 0 Å². The van der Waals surface area contributed by atoms with Crippen LogP contribution in [0.1, 0.15) is 32.3 Å². The Labute approximate surface area is 116 Å². The molecule has 4 nitrogen and oxygen atoms in total. The molecule has 0 bridgehead atoms. The molecule has 0 aliphatic carbocycles. The highest BCUT2D eigenvalue weighted by Gasteiger charge is 2.23. The number of pyridine rings is 1. The zero-order valence-corrected chi connectivity index (χ0v) is 12.1. The first-order chi connectivity index (χ1) is 9.36. The van der Waals surface area contributed by atoms with Crippen LogP contribution in [0.4, 0.5) is 5.69 Å². The molecule has 1 aromatic rings. The van der Waals surface area contributed by atoms with E-state index in [0.29, 0.717) is 6.04 Å². The smallest absolute Gasteiger partial charge is 0.0670 e. The first kappa shape index (κ1) is 14.3. The van der Waals surface area contributed by atoms with Gasteiger partial charge in [0.15, 0.2) is 0 Å². The van der Waals surface area contributed by atoms with Crippen molar-refractivity contribution in [1.29, 1.82) is 0 Å². The predicted molar refractivity (Wildman–Crippen MR) is 78.5 cm³/mol. The van der Waals surface area contributed by atoms with Crippen molar-refractivity contribution in [2.75, 3.05) is 31.2 Å². The van der Waals surface area contributed by atoms with Gasteiger partial charge < -0.3 is 15.0 Å². The molecule has 1 saturated heterocycles. The van der Waals surface area contributed by atoms with Crippen LogP contribution in [0.15, 0.2) is 18.5 Å². The van der Waals surface area contributed by atoms with Crippen molar-refractivity contribution in [3.63, 3.8) is 0 Å². The summed E-state index contributed by atoms with van der Waals surface area (Å²) in [6.45, 7) is 8.99. The summed E-state index contributed by atoms with van der Waals surface area (Å²) in [6, 6.07) is 2.60. The van der Waals surface area contributed by atoms with E-state index in [1.807, 2.05) is 12.4 Å². The van der Waals surface area contributed by atoms with Crippen molar-refractivity contribution in [1.82, 2.24) is 10.3 Å². The molecule has 2 rings (SSSR count). The minimum atomic E-state index is 0.475. The lowest BCUT2D eigenvalue weighted by atomic mass is 10.1. The first-order valence-electron chi connectivity index (χ1n) is 7.34. The van der Waals surface area contributed by atoms with Gasteiger partial charge in [-0.25, -0.2) is 0 Å². The van der Waals surface area contributed by atoms with E-state index >= 15 is 0 Å². The molecule has 1 fully saturated rings. The normalized spacial score (nSPS) is 19.7. The third-order valence-corrected chi connectivity index (χ3v) is 3.64. The summed E-state index contributed by atoms with van der Waals surface area (Å²) >= 11 is 0. The fourth-order valence-corrected chi connectivity index (χ4v) is 2.53. The van der Waals surface area contributed by atoms with Gasteiger partial charge >= 0.3 is 0 Å². The quantitative estimate of drug-likeness (QED) is 0.798. The van der Waals surface area contributed by atoms with Crippen molar-refractivity contribution >= 4 is 5.69 Å². The van der Waals surface area contributed by atoms with E-state index in [-0.39, 0.29) is 0 Å². The van der Waals surface area contributed by atoms with E-state index in [4.69, 9.17) is 4.74 Å². The zero-order chi connectivity index (χ0) is 13.5. The van der Waals surface area contributed by atoms with Crippen molar-refractivity contribution in [3.05, 3.63) is 24.0 Å². The van der Waals surface area contributed by atoms with Crippen LogP contribution in [-0.4, -0.2) is 37.3 Å². The summed E-state index contributed by atoms with van der Waals surface area (Å²) in [5, 5.41) is 3.48. The van der Waals surface area contributed by atoms with Gasteiger partial charge in [0.2, 0.25) is 0 Å². The Morgan fingerprint density at radius 3 is 3.16 bits per heavy atom. The second-order valence-corrected chi connectivity index (χ2v) is 5.01. The van der Waals surface area contributed by atoms with Crippen LogP contribution in [0, 0.1) is 0 Å². The van der Waals surface area contributed by atoms with Crippen LogP contribution in [0.25, 0.3) is 0 Å². The van der Waals surface area contributed by atoms with Gasteiger partial charge in [-0.1, -0.05) is 13.8 Å². The number of ether oxygens (including phenoxy) is 1. The van der Waals surface area contributed by atoms with Gasteiger partial charge in [0.25, 0.3) is 0 Å². The monoisotopic (exact) mass is 263 g/mol. The molecule has 106 valence electrons. The van der Waals surface area contributed by atoms with Gasteiger partial charge in [-0.2, -0.15) is 0 Å². The molecule has 0 spiro atoms. The minimum absolute atomic E-state index is 0.475. The van der Waals surface area contributed by atoms with Crippen molar-refractivity contribution < 1.29 is 4.74 Å². The summed E-state index contributed by atoms with van der Waals surface area (Å²) in [6.07, 6.45) is 6.15. The summed E-state index contributed by atoms with van der Waals surface area (Å²) in [7, 11) is 0. The Morgan fingerprint density at radius 1 is 1.47 bits per heavy atom. The first-order valence-corrected chi connectivity index (χ1v) is 7.34. The van der Waals surface area contributed by atoms with Crippen LogP contribution in [-0.2, 0) is 11.3 Å². The van der Waals surface area contributed by atoms with Crippen LogP contribution < -0.4 is 10.2 Å². The molecule has 1 unspecified atom stereocenters. The van der Waals surface area contributed by atoms with Gasteiger partial charge in [-0.15, -0.1) is 0 Å². The summed E-state index contributed by atoms with van der Waals surface area (Å²) in [4.78, 5) is 6.77. The Kier molecular flexibility index (Phi) is 5.61. The zero-order valence-electron chi connectivity index (χ0n) is 12.1. The summed E-state index contributed by atoms with van der Waals surface area (Å²) < 4.78 is 5.59. The second-order valence-electron chi connectivity index (χ2n) is 5.01. The van der Waals surface area contributed by atoms with E-state index in [9.17, 15) is 0 Å². The van der Waals surface area contributed by atoms with Gasteiger partial charge in [-0.3, -0.25) is 4.98 Å². The largest absolute Gasteiger partial charge is 0.377 e. The van der Waals surface area contributed by atoms with E-state index in [1.54, 1.807) is 0 Å². The van der Waals surface area contributed by atoms with Gasteiger partial charge in [0.1, 0.15) is 0 Å². The predicted octanol–water partition coefficient (Wildman–Crippen LogP) is 2.20. The average Bonchev–Trinajstić information content (AvgIpc) is 2.48. The van der Waals surface area contributed by atoms with Gasteiger partial charge in [0.05, 0.1) is 31.1 Å². The number of nitrogens with one attached hydrogen (secondary N) is 1. The number of anilines is 1. The highest BCUT2D eigenvalue weighted by Crippen LogP contribution is 2.24. The van der Waals surface area contributed by atoms with E-state index in [2.05, 4.69) is 35.1 Å². The Morgan fingerprint density at radius 2 is 2.37 bits per heavy atom. The lowest BCUT2D eigenvalue weighted by Crippen LogP contribution is -2.45. The molecule has 0 saturated carbocycles. The van der Waals surface area contributed by atoms with E-state index in [0.717, 1.165) is 45.7 Å². The maximum atomic E-state index is 5.59. The highest BCUT2D eigenvalue weighted by molar-refractivity contribution is 5.53. The van der Waals surface area contributed by atoms with E-state index in [1.165, 1.54) is 11.3 Å². The number of morpholine rings is 1. The highest BCUT2D eigenvalue weighted by atomic mass is 16.5. The Bertz CT molecular complexity index is 383. The van der Waals surface area contributed by atoms with Crippen molar-refractivity contribution in [2.45, 2.75) is 39.3 Å². The Hall–Kier alpha value is -1.13. The molecular formula is C15H25N3O. The molecule has 19 heavy (non-hydrogen) atoms. The topological polar surface area (TPSA) is 37.4 Å². The van der Waals surface area contributed by atoms with Crippen LogP contribution in [0.2, 0.25) is 0 Å². The maximum Gasteiger partial charge on any atom is 0.0670 e. The molecule has 1 aliphatic rings. The number of nitrogens with zero attached hydrogens (tertiary/aromatic N) is 2. The third-order valence-electron chi connectivity index (χ3n) is 3.64. The lowest BCUT2D eigenvalue weighted by molar-refractivity contribution is 0.0928. The molecule has 0 radical (unpaired) electrons. The van der Waals surface area contributed by atoms with Crippen LogP contribution >= 0.6 is 0 Å². The second kappa shape index (κ2) is 7.46. The standard InChI is InChI=1S/C15H25N3O/c1-3-6-16-10-13-5-7-17-11-15(13)18-8-9-19-12-14(18)4-2/h5,7,11,14,16H,3-4,6,8-10,12H2,1-2H3. The molecule has 4 heteroatoms. The fraction of sp³-hybridized carbons (Fsp3) is 0.667. The van der Waals surface area contributed by atoms with Crippen molar-refractivity contribution in [3.8, 4) is 0 Å². The molecule has 1 atom stereocenters. The minimum Gasteiger partial charge on any atom is -0.377 e. The van der Waals surface area contributed by atoms with Gasteiger partial charge in [-0.05, 0) is 31.0 Å². The SMILES string of the molecule is CCCNCc1ccncc1N1CCOCC1CC. The average molecular weight is 263 g/mol. The van der Waals surface area contributed by atoms with Crippen LogP contribution in [0.5, 0.6) is 0 Å². The van der Waals surface area contributed by atoms with Gasteiger partial charge in [0, 0.05) is 19.3 Å². The molecule has 1 N–H and O–H groups in total. The summed E-state index contributed by atoms with van der Waals surface area (Å²) in [5.41, 5.74) is 2.60. The lowest BCUT2D eigenvalue weighted by Gasteiger charge is -2.37. The van der Waals surface area contributed by atoms with E-state index < -0.39 is 0 Å². The Balaban J connectivity index is 2.12. The molecule has 0 amide bonds. The fourth-order valence-electron chi connectivity index (χ4n) is 2.53. The molecule has 2 heterocycles. The summed E-state index contributed by atoms with van der Waals surface area (Å²) in [5.74, 6) is 0. The number of rotatable bonds is 6. The molecule has 1 aliphatic heterocycles. The number of aromatic nitrogens is 1. The van der Waals surface area contributed by atoms with Crippen molar-refractivity contribution in [2.24, 2.45) is 0 Å². The number of hydrogen-bond acceptors (Lipinski definition) is 4. The number of hydrogen-bond donors (Lipinski definition) is 1. The maximum absolute atomic E-state index is 5.59. The molecular weight excluding hydrogens is 238 g/mol. The molecule has 0 aromatic carbocycles. The third kappa shape index (κ3) is 3.67. The molecule has 1 aromatic heterocycles.